The highest BCUT2D eigenvalue weighted by Gasteiger charge is 2.17. The number of halogens is 1. The summed E-state index contributed by atoms with van der Waals surface area (Å²) in [4.78, 5) is 12.0. The number of hydrogen-bond donors (Lipinski definition) is 0. The van der Waals surface area contributed by atoms with Crippen molar-refractivity contribution in [2.24, 2.45) is 0 Å². The van der Waals surface area contributed by atoms with Crippen molar-refractivity contribution in [3.8, 4) is 0 Å². The third-order valence-electron chi connectivity index (χ3n) is 3.39. The van der Waals surface area contributed by atoms with Crippen LogP contribution >= 0.6 is 11.6 Å². The van der Waals surface area contributed by atoms with Crippen molar-refractivity contribution in [1.29, 1.82) is 0 Å². The number of para-hydroxylation sites is 1. The molecule has 0 aliphatic rings. The maximum atomic E-state index is 12.1. The van der Waals surface area contributed by atoms with Gasteiger partial charge < -0.3 is 9.15 Å². The van der Waals surface area contributed by atoms with E-state index in [4.69, 9.17) is 20.8 Å². The van der Waals surface area contributed by atoms with Gasteiger partial charge in [-0.05, 0) is 30.3 Å². The SMILES string of the molecule is CS(=O)(=O)c1cc(C(=O)OCc2cc3ccccc3o2)ccc1Cl. The Morgan fingerprint density at radius 1 is 1.17 bits per heavy atom. The minimum atomic E-state index is -3.53. The number of rotatable bonds is 4. The molecular weight excluding hydrogens is 352 g/mol. The minimum absolute atomic E-state index is 0.0512. The van der Waals surface area contributed by atoms with Crippen LogP contribution in [0.5, 0.6) is 0 Å². The van der Waals surface area contributed by atoms with E-state index in [9.17, 15) is 13.2 Å². The predicted octanol–water partition coefficient (Wildman–Crippen LogP) is 3.85. The van der Waals surface area contributed by atoms with E-state index in [1.54, 1.807) is 6.07 Å². The van der Waals surface area contributed by atoms with Crippen LogP contribution in [0.2, 0.25) is 5.02 Å². The van der Waals surface area contributed by atoms with Gasteiger partial charge in [0, 0.05) is 11.6 Å². The molecule has 0 spiro atoms. The van der Waals surface area contributed by atoms with E-state index in [0.717, 1.165) is 11.6 Å². The van der Waals surface area contributed by atoms with Crippen molar-refractivity contribution < 1.29 is 22.4 Å². The van der Waals surface area contributed by atoms with Crippen molar-refractivity contribution in [3.63, 3.8) is 0 Å². The molecule has 1 heterocycles. The molecule has 0 atom stereocenters. The zero-order valence-electron chi connectivity index (χ0n) is 12.7. The molecule has 24 heavy (non-hydrogen) atoms. The van der Waals surface area contributed by atoms with Gasteiger partial charge >= 0.3 is 5.97 Å². The van der Waals surface area contributed by atoms with Crippen LogP contribution in [0.4, 0.5) is 0 Å². The lowest BCUT2D eigenvalue weighted by Gasteiger charge is -2.06. The van der Waals surface area contributed by atoms with Gasteiger partial charge in [-0.1, -0.05) is 29.8 Å². The van der Waals surface area contributed by atoms with E-state index < -0.39 is 15.8 Å². The summed E-state index contributed by atoms with van der Waals surface area (Å²) in [6.45, 7) is -0.0512. The van der Waals surface area contributed by atoms with E-state index in [-0.39, 0.29) is 22.1 Å². The third-order valence-corrected chi connectivity index (χ3v) is 4.97. The zero-order valence-corrected chi connectivity index (χ0v) is 14.2. The molecule has 0 aliphatic heterocycles. The molecule has 0 bridgehead atoms. The maximum absolute atomic E-state index is 12.1. The van der Waals surface area contributed by atoms with Crippen LogP contribution < -0.4 is 0 Å². The maximum Gasteiger partial charge on any atom is 0.338 e. The molecule has 3 aromatic rings. The second-order valence-corrected chi connectivity index (χ2v) is 7.64. The van der Waals surface area contributed by atoms with Gasteiger partial charge in [-0.2, -0.15) is 0 Å². The molecule has 0 amide bonds. The summed E-state index contributed by atoms with van der Waals surface area (Å²) in [5.41, 5.74) is 0.811. The van der Waals surface area contributed by atoms with Crippen LogP contribution in [-0.4, -0.2) is 20.6 Å². The first-order chi connectivity index (χ1) is 11.3. The number of ether oxygens (including phenoxy) is 1. The molecule has 5 nitrogen and oxygen atoms in total. The largest absolute Gasteiger partial charge is 0.457 e. The van der Waals surface area contributed by atoms with E-state index in [1.165, 1.54) is 18.2 Å². The fraction of sp³-hybridized carbons (Fsp3) is 0.118. The Labute approximate surface area is 143 Å². The van der Waals surface area contributed by atoms with Crippen LogP contribution in [0.3, 0.4) is 0 Å². The molecule has 124 valence electrons. The minimum Gasteiger partial charge on any atom is -0.457 e. The van der Waals surface area contributed by atoms with Crippen LogP contribution in [0.15, 0.2) is 57.8 Å². The Kier molecular flexibility index (Phi) is 4.34. The van der Waals surface area contributed by atoms with Crippen molar-refractivity contribution in [1.82, 2.24) is 0 Å². The fourth-order valence-corrected chi connectivity index (χ4v) is 3.54. The summed E-state index contributed by atoms with van der Waals surface area (Å²) in [6.07, 6.45) is 1.03. The number of fused-ring (bicyclic) bond motifs is 1. The molecule has 0 N–H and O–H groups in total. The normalized spacial score (nSPS) is 11.6. The highest BCUT2D eigenvalue weighted by atomic mass is 35.5. The second kappa shape index (κ2) is 6.30. The average molecular weight is 365 g/mol. The molecular formula is C17H13ClO5S. The van der Waals surface area contributed by atoms with Crippen molar-refractivity contribution in [2.75, 3.05) is 6.26 Å². The summed E-state index contributed by atoms with van der Waals surface area (Å²) in [6, 6.07) is 13.2. The monoisotopic (exact) mass is 364 g/mol. The lowest BCUT2D eigenvalue weighted by atomic mass is 10.2. The molecule has 0 fully saturated rings. The number of furan rings is 1. The van der Waals surface area contributed by atoms with Crippen LogP contribution in [0.25, 0.3) is 11.0 Å². The quantitative estimate of drug-likeness (QED) is 0.657. The predicted molar refractivity (Wildman–Crippen MR) is 89.9 cm³/mol. The van der Waals surface area contributed by atoms with Crippen LogP contribution in [0.1, 0.15) is 16.1 Å². The number of sulfone groups is 1. The Morgan fingerprint density at radius 2 is 1.92 bits per heavy atom. The first-order valence-corrected chi connectivity index (χ1v) is 9.26. The molecule has 3 rings (SSSR count). The molecule has 0 unspecified atom stereocenters. The van der Waals surface area contributed by atoms with Gasteiger partial charge in [-0.15, -0.1) is 0 Å². The standard InChI is InChI=1S/C17H13ClO5S/c1-24(20,21)16-9-12(6-7-14(16)18)17(19)22-10-13-8-11-4-2-3-5-15(11)23-13/h2-9H,10H2,1H3. The zero-order chi connectivity index (χ0) is 17.3. The van der Waals surface area contributed by atoms with Crippen molar-refractivity contribution >= 4 is 38.4 Å². The lowest BCUT2D eigenvalue weighted by Crippen LogP contribution is -2.07. The first-order valence-electron chi connectivity index (χ1n) is 6.99. The molecule has 0 radical (unpaired) electrons. The number of carbonyl (C=O) groups is 1. The van der Waals surface area contributed by atoms with E-state index in [1.807, 2.05) is 24.3 Å². The van der Waals surface area contributed by atoms with E-state index in [2.05, 4.69) is 0 Å². The Hall–Kier alpha value is -2.31. The summed E-state index contributed by atoms with van der Waals surface area (Å²) in [5.74, 6) is -0.154. The Bertz CT molecular complexity index is 987. The average Bonchev–Trinajstić information content (AvgIpc) is 2.94. The number of benzene rings is 2. The van der Waals surface area contributed by atoms with E-state index in [0.29, 0.717) is 11.3 Å². The Morgan fingerprint density at radius 3 is 2.62 bits per heavy atom. The highest BCUT2D eigenvalue weighted by Crippen LogP contribution is 2.24. The van der Waals surface area contributed by atoms with Gasteiger partial charge in [-0.25, -0.2) is 13.2 Å². The second-order valence-electron chi connectivity index (χ2n) is 5.24. The number of hydrogen-bond acceptors (Lipinski definition) is 5. The van der Waals surface area contributed by atoms with Crippen LogP contribution in [0, 0.1) is 0 Å². The fourth-order valence-electron chi connectivity index (χ4n) is 2.24. The molecule has 0 saturated carbocycles. The van der Waals surface area contributed by atoms with Crippen LogP contribution in [-0.2, 0) is 21.2 Å². The molecule has 0 saturated heterocycles. The Balaban J connectivity index is 1.77. The van der Waals surface area contributed by atoms with Crippen molar-refractivity contribution in [3.05, 3.63) is 64.9 Å². The van der Waals surface area contributed by atoms with Gasteiger partial charge in [0.25, 0.3) is 0 Å². The topological polar surface area (TPSA) is 73.6 Å². The number of esters is 1. The lowest BCUT2D eigenvalue weighted by molar-refractivity contribution is 0.0447. The molecule has 0 aliphatic carbocycles. The number of carbonyl (C=O) groups excluding carboxylic acids is 1. The van der Waals surface area contributed by atoms with Gasteiger partial charge in [-0.3, -0.25) is 0 Å². The first kappa shape index (κ1) is 16.5. The van der Waals surface area contributed by atoms with Gasteiger partial charge in [0.05, 0.1) is 15.5 Å². The summed E-state index contributed by atoms with van der Waals surface area (Å²) in [5, 5.41) is 0.973. The van der Waals surface area contributed by atoms with E-state index >= 15 is 0 Å². The summed E-state index contributed by atoms with van der Waals surface area (Å²) >= 11 is 5.86. The third kappa shape index (κ3) is 3.44. The van der Waals surface area contributed by atoms with Gasteiger partial charge in [0.2, 0.25) is 0 Å². The highest BCUT2D eigenvalue weighted by molar-refractivity contribution is 7.90. The van der Waals surface area contributed by atoms with Crippen molar-refractivity contribution in [2.45, 2.75) is 11.5 Å². The summed E-state index contributed by atoms with van der Waals surface area (Å²) < 4.78 is 34.0. The molecule has 1 aromatic heterocycles. The van der Waals surface area contributed by atoms with Gasteiger partial charge in [0.15, 0.2) is 9.84 Å². The summed E-state index contributed by atoms with van der Waals surface area (Å²) in [7, 11) is -3.53. The molecule has 2 aromatic carbocycles. The van der Waals surface area contributed by atoms with Gasteiger partial charge in [0.1, 0.15) is 18.0 Å². The molecule has 7 heteroatoms. The smallest absolute Gasteiger partial charge is 0.338 e.